The van der Waals surface area contributed by atoms with Gasteiger partial charge in [-0.1, -0.05) is 29.3 Å². The van der Waals surface area contributed by atoms with Gasteiger partial charge in [-0.2, -0.15) is 5.10 Å². The second-order valence-electron chi connectivity index (χ2n) is 5.95. The predicted molar refractivity (Wildman–Crippen MR) is 109 cm³/mol. The minimum atomic E-state index is -3.81. The number of amides is 1. The molecule has 0 saturated heterocycles. The number of anilines is 2. The number of nitrogens with zero attached hydrogens (tertiary/aromatic N) is 2. The van der Waals surface area contributed by atoms with Crippen molar-refractivity contribution in [3.63, 3.8) is 0 Å². The van der Waals surface area contributed by atoms with Crippen LogP contribution in [-0.4, -0.2) is 24.1 Å². The quantitative estimate of drug-likeness (QED) is 0.607. The van der Waals surface area contributed by atoms with E-state index < -0.39 is 10.0 Å². The lowest BCUT2D eigenvalue weighted by Gasteiger charge is -2.08. The SMILES string of the molecule is CC(=O)Nc1ccc(S(=O)(=O)Nc2ccn(Cc3ccc(Cl)cc3Cl)n2)cc1. The van der Waals surface area contributed by atoms with Crippen LogP contribution in [0.5, 0.6) is 0 Å². The molecule has 0 fully saturated rings. The van der Waals surface area contributed by atoms with Gasteiger partial charge in [-0.25, -0.2) is 8.42 Å². The average molecular weight is 439 g/mol. The topological polar surface area (TPSA) is 93.1 Å². The van der Waals surface area contributed by atoms with Gasteiger partial charge in [0, 0.05) is 34.9 Å². The molecule has 3 rings (SSSR count). The zero-order valence-corrected chi connectivity index (χ0v) is 17.0. The van der Waals surface area contributed by atoms with Crippen LogP contribution >= 0.6 is 23.2 Å². The maximum atomic E-state index is 12.5. The first kappa shape index (κ1) is 20.2. The molecule has 7 nitrogen and oxygen atoms in total. The molecule has 2 aromatic carbocycles. The van der Waals surface area contributed by atoms with Crippen molar-refractivity contribution in [2.75, 3.05) is 10.0 Å². The van der Waals surface area contributed by atoms with Gasteiger partial charge in [-0.05, 0) is 42.0 Å². The Morgan fingerprint density at radius 3 is 2.46 bits per heavy atom. The molecule has 1 heterocycles. The summed E-state index contributed by atoms with van der Waals surface area (Å²) in [4.78, 5) is 11.1. The molecular weight excluding hydrogens is 423 g/mol. The highest BCUT2D eigenvalue weighted by atomic mass is 35.5. The molecule has 0 atom stereocenters. The lowest BCUT2D eigenvalue weighted by atomic mass is 10.2. The summed E-state index contributed by atoms with van der Waals surface area (Å²) in [5.41, 5.74) is 1.31. The van der Waals surface area contributed by atoms with Gasteiger partial charge in [-0.3, -0.25) is 14.2 Å². The van der Waals surface area contributed by atoms with E-state index in [1.807, 2.05) is 0 Å². The van der Waals surface area contributed by atoms with Crippen LogP contribution in [0.1, 0.15) is 12.5 Å². The Bertz CT molecular complexity index is 1110. The number of sulfonamides is 1. The van der Waals surface area contributed by atoms with Gasteiger partial charge in [0.05, 0.1) is 11.4 Å². The van der Waals surface area contributed by atoms with Crippen molar-refractivity contribution in [2.45, 2.75) is 18.4 Å². The maximum Gasteiger partial charge on any atom is 0.263 e. The molecule has 10 heteroatoms. The third-order valence-electron chi connectivity index (χ3n) is 3.71. The molecular formula is C18H16Cl2N4O3S. The maximum absolute atomic E-state index is 12.5. The van der Waals surface area contributed by atoms with Crippen LogP contribution in [0.4, 0.5) is 11.5 Å². The highest BCUT2D eigenvalue weighted by molar-refractivity contribution is 7.92. The fourth-order valence-corrected chi connectivity index (χ4v) is 3.91. The molecule has 0 bridgehead atoms. The smallest absolute Gasteiger partial charge is 0.263 e. The molecule has 0 saturated carbocycles. The third-order valence-corrected chi connectivity index (χ3v) is 5.67. The summed E-state index contributed by atoms with van der Waals surface area (Å²) >= 11 is 12.0. The molecule has 0 unspecified atom stereocenters. The van der Waals surface area contributed by atoms with Crippen molar-refractivity contribution in [3.8, 4) is 0 Å². The van der Waals surface area contributed by atoms with E-state index >= 15 is 0 Å². The molecule has 146 valence electrons. The number of carbonyl (C=O) groups is 1. The van der Waals surface area contributed by atoms with E-state index in [9.17, 15) is 13.2 Å². The van der Waals surface area contributed by atoms with Crippen molar-refractivity contribution in [3.05, 3.63) is 70.3 Å². The van der Waals surface area contributed by atoms with E-state index in [4.69, 9.17) is 23.2 Å². The Morgan fingerprint density at radius 1 is 1.11 bits per heavy atom. The molecule has 1 aromatic heterocycles. The van der Waals surface area contributed by atoms with Crippen molar-refractivity contribution in [1.29, 1.82) is 0 Å². The van der Waals surface area contributed by atoms with Crippen LogP contribution in [0.25, 0.3) is 0 Å². The van der Waals surface area contributed by atoms with Gasteiger partial charge in [0.15, 0.2) is 5.82 Å². The monoisotopic (exact) mass is 438 g/mol. The highest BCUT2D eigenvalue weighted by Gasteiger charge is 2.16. The Labute approximate surface area is 172 Å². The molecule has 0 spiro atoms. The Hall–Kier alpha value is -2.55. The van der Waals surface area contributed by atoms with Crippen molar-refractivity contribution in [2.24, 2.45) is 0 Å². The normalized spacial score (nSPS) is 11.2. The summed E-state index contributed by atoms with van der Waals surface area (Å²) in [7, 11) is -3.81. The van der Waals surface area contributed by atoms with Gasteiger partial charge in [0.1, 0.15) is 0 Å². The van der Waals surface area contributed by atoms with Gasteiger partial charge in [0.2, 0.25) is 5.91 Å². The van der Waals surface area contributed by atoms with Crippen LogP contribution in [0, 0.1) is 0 Å². The summed E-state index contributed by atoms with van der Waals surface area (Å²) in [5, 5.41) is 7.83. The average Bonchev–Trinajstić information content (AvgIpc) is 3.03. The third kappa shape index (κ3) is 5.03. The molecule has 1 amide bonds. The number of benzene rings is 2. The van der Waals surface area contributed by atoms with Crippen molar-refractivity contribution in [1.82, 2.24) is 9.78 Å². The van der Waals surface area contributed by atoms with Gasteiger partial charge in [0.25, 0.3) is 10.0 Å². The van der Waals surface area contributed by atoms with E-state index in [0.717, 1.165) is 5.56 Å². The second kappa shape index (κ2) is 8.22. The Morgan fingerprint density at radius 2 is 1.82 bits per heavy atom. The van der Waals surface area contributed by atoms with Gasteiger partial charge >= 0.3 is 0 Å². The molecule has 28 heavy (non-hydrogen) atoms. The number of nitrogens with one attached hydrogen (secondary N) is 2. The van der Waals surface area contributed by atoms with E-state index in [0.29, 0.717) is 22.3 Å². The number of rotatable bonds is 6. The summed E-state index contributed by atoms with van der Waals surface area (Å²) in [6.07, 6.45) is 1.64. The van der Waals surface area contributed by atoms with Crippen molar-refractivity contribution < 1.29 is 13.2 Å². The lowest BCUT2D eigenvalue weighted by Crippen LogP contribution is -2.14. The largest absolute Gasteiger partial charge is 0.326 e. The first-order valence-electron chi connectivity index (χ1n) is 8.11. The molecule has 0 aliphatic heterocycles. The van der Waals surface area contributed by atoms with Crippen LogP contribution < -0.4 is 10.0 Å². The van der Waals surface area contributed by atoms with Crippen LogP contribution in [0.2, 0.25) is 10.0 Å². The van der Waals surface area contributed by atoms with Crippen LogP contribution in [0.15, 0.2) is 59.6 Å². The molecule has 0 aliphatic rings. The molecule has 2 N–H and O–H groups in total. The standard InChI is InChI=1S/C18H16Cl2N4O3S/c1-12(25)21-15-4-6-16(7-5-15)28(26,27)23-18-8-9-24(22-18)11-13-2-3-14(19)10-17(13)20/h2-10H,11H2,1H3,(H,21,25)(H,22,23). The van der Waals surface area contributed by atoms with Crippen molar-refractivity contribution >= 4 is 50.6 Å². The number of hydrogen-bond acceptors (Lipinski definition) is 4. The molecule has 0 aliphatic carbocycles. The number of hydrogen-bond donors (Lipinski definition) is 2. The van der Waals surface area contributed by atoms with Crippen LogP contribution in [-0.2, 0) is 21.4 Å². The first-order valence-corrected chi connectivity index (χ1v) is 10.3. The fraction of sp³-hybridized carbons (Fsp3) is 0.111. The van der Waals surface area contributed by atoms with E-state index in [2.05, 4.69) is 15.1 Å². The second-order valence-corrected chi connectivity index (χ2v) is 8.47. The summed E-state index contributed by atoms with van der Waals surface area (Å²) in [6.45, 7) is 1.74. The highest BCUT2D eigenvalue weighted by Crippen LogP contribution is 2.22. The summed E-state index contributed by atoms with van der Waals surface area (Å²) in [6, 6.07) is 12.5. The zero-order chi connectivity index (χ0) is 20.3. The molecule has 0 radical (unpaired) electrons. The van der Waals surface area contributed by atoms with Crippen LogP contribution in [0.3, 0.4) is 0 Å². The van der Waals surface area contributed by atoms with E-state index in [1.165, 1.54) is 31.2 Å². The first-order chi connectivity index (χ1) is 13.2. The Balaban J connectivity index is 1.72. The van der Waals surface area contributed by atoms with Gasteiger partial charge in [-0.15, -0.1) is 0 Å². The number of carbonyl (C=O) groups excluding carboxylic acids is 1. The number of halogens is 2. The summed E-state index contributed by atoms with van der Waals surface area (Å²) < 4.78 is 29.0. The minimum absolute atomic E-state index is 0.0527. The Kier molecular flexibility index (Phi) is 5.93. The lowest BCUT2D eigenvalue weighted by molar-refractivity contribution is -0.114. The zero-order valence-electron chi connectivity index (χ0n) is 14.7. The number of aromatic nitrogens is 2. The minimum Gasteiger partial charge on any atom is -0.326 e. The molecule has 3 aromatic rings. The van der Waals surface area contributed by atoms with E-state index in [-0.39, 0.29) is 16.6 Å². The van der Waals surface area contributed by atoms with Gasteiger partial charge < -0.3 is 5.32 Å². The summed E-state index contributed by atoms with van der Waals surface area (Å²) in [5.74, 6) is -0.0592. The predicted octanol–water partition coefficient (Wildman–Crippen LogP) is 4.00. The fourth-order valence-electron chi connectivity index (χ4n) is 2.45. The van der Waals surface area contributed by atoms with E-state index in [1.54, 1.807) is 35.1 Å².